The minimum Gasteiger partial charge on any atom is -0.0622 e. The number of hydrogen-bond donors (Lipinski definition) is 0. The van der Waals surface area contributed by atoms with E-state index in [1.807, 2.05) is 0 Å². The maximum absolute atomic E-state index is 2.30. The summed E-state index contributed by atoms with van der Waals surface area (Å²) in [6, 6.07) is 19.4. The maximum Gasteiger partial charge on any atom is 0.0305 e. The fraction of sp³-hybridized carbons (Fsp3) is 0.125. The molecule has 0 saturated carbocycles. The van der Waals surface area contributed by atoms with E-state index < -0.39 is 0 Å². The molecule has 0 spiro atoms. The van der Waals surface area contributed by atoms with E-state index in [2.05, 4.69) is 67.6 Å². The summed E-state index contributed by atoms with van der Waals surface area (Å²) in [6.45, 7) is 2.22. The van der Waals surface area contributed by atoms with Gasteiger partial charge in [-0.15, -0.1) is 0 Å². The number of allylic oxidation sites excluding steroid dienone is 1. The Morgan fingerprint density at radius 3 is 2.24 bits per heavy atom. The molecule has 1 aliphatic rings. The van der Waals surface area contributed by atoms with Crippen LogP contribution in [0.25, 0.3) is 6.08 Å². The zero-order chi connectivity index (χ0) is 11.0. The maximum atomic E-state index is 2.30. The van der Waals surface area contributed by atoms with Gasteiger partial charge in [-0.05, 0) is 23.6 Å². The molecule has 1 radical (unpaired) electrons. The van der Waals surface area contributed by atoms with Crippen LogP contribution in [-0.2, 0) is 18.6 Å². The third-order valence-electron chi connectivity index (χ3n) is 3.28. The van der Waals surface area contributed by atoms with Crippen LogP contribution in [0, 0.1) is 0 Å². The first-order valence-electron chi connectivity index (χ1n) is 5.68. The number of hydrogen-bond acceptors (Lipinski definition) is 0. The molecule has 0 aliphatic heterocycles. The van der Waals surface area contributed by atoms with Crippen LogP contribution in [0.3, 0.4) is 0 Å². The molecule has 0 nitrogen and oxygen atoms in total. The Labute approximate surface area is 114 Å². The van der Waals surface area contributed by atoms with Crippen LogP contribution < -0.4 is 0 Å². The van der Waals surface area contributed by atoms with E-state index in [0.29, 0.717) is 5.92 Å². The van der Waals surface area contributed by atoms with E-state index in [1.54, 1.807) is 0 Å². The van der Waals surface area contributed by atoms with E-state index in [4.69, 9.17) is 0 Å². The third-order valence-corrected chi connectivity index (χ3v) is 3.28. The largest absolute Gasteiger partial charge is 0.0622 e. The van der Waals surface area contributed by atoms with Crippen LogP contribution in [0.4, 0.5) is 0 Å². The molecule has 3 rings (SSSR count). The summed E-state index contributed by atoms with van der Waals surface area (Å²) in [6.07, 6.45) is 2.30. The van der Waals surface area contributed by atoms with Gasteiger partial charge in [0.15, 0.2) is 0 Å². The van der Waals surface area contributed by atoms with Crippen molar-refractivity contribution in [3.63, 3.8) is 0 Å². The van der Waals surface area contributed by atoms with Crippen molar-refractivity contribution < 1.29 is 18.6 Å². The third kappa shape index (κ3) is 2.11. The second kappa shape index (κ2) is 4.95. The Morgan fingerprint density at radius 1 is 0.824 bits per heavy atom. The molecule has 0 aromatic heterocycles. The number of benzene rings is 2. The molecule has 0 amide bonds. The predicted octanol–water partition coefficient (Wildman–Crippen LogP) is 4.23. The van der Waals surface area contributed by atoms with Crippen LogP contribution in [0.15, 0.2) is 60.2 Å². The molecule has 0 fully saturated rings. The summed E-state index contributed by atoms with van der Waals surface area (Å²) >= 11 is 0. The average Bonchev–Trinajstić information content (AvgIpc) is 2.66. The van der Waals surface area contributed by atoms with Crippen molar-refractivity contribution >= 4 is 6.08 Å². The van der Waals surface area contributed by atoms with E-state index in [1.165, 1.54) is 22.3 Å². The zero-order valence-electron chi connectivity index (χ0n) is 9.80. The average molecular weight is 257 g/mol. The van der Waals surface area contributed by atoms with E-state index in [-0.39, 0.29) is 18.6 Å². The van der Waals surface area contributed by atoms with Gasteiger partial charge >= 0.3 is 0 Å². The zero-order valence-corrected chi connectivity index (χ0v) is 11.2. The second-order valence-electron chi connectivity index (χ2n) is 4.36. The summed E-state index contributed by atoms with van der Waals surface area (Å²) < 4.78 is 0. The van der Waals surface area contributed by atoms with Crippen molar-refractivity contribution in [2.24, 2.45) is 0 Å². The van der Waals surface area contributed by atoms with Crippen molar-refractivity contribution in [1.29, 1.82) is 0 Å². The van der Waals surface area contributed by atoms with E-state index >= 15 is 0 Å². The van der Waals surface area contributed by atoms with Crippen LogP contribution in [-0.4, -0.2) is 0 Å². The van der Waals surface area contributed by atoms with Gasteiger partial charge in [0.25, 0.3) is 0 Å². The first kappa shape index (κ1) is 12.2. The van der Waals surface area contributed by atoms with Gasteiger partial charge in [0.05, 0.1) is 0 Å². The molecule has 1 unspecified atom stereocenters. The Kier molecular flexibility index (Phi) is 3.56. The quantitative estimate of drug-likeness (QED) is 0.717. The Morgan fingerprint density at radius 2 is 1.47 bits per heavy atom. The van der Waals surface area contributed by atoms with Crippen LogP contribution >= 0.6 is 0 Å². The molecule has 1 aliphatic carbocycles. The first-order chi connectivity index (χ1) is 7.86. The second-order valence-corrected chi connectivity index (χ2v) is 4.36. The topological polar surface area (TPSA) is 0 Å². The summed E-state index contributed by atoms with van der Waals surface area (Å²) in [4.78, 5) is 0. The Bertz CT molecular complexity index is 540. The van der Waals surface area contributed by atoms with Gasteiger partial charge in [-0.1, -0.05) is 66.2 Å². The molecule has 17 heavy (non-hydrogen) atoms. The van der Waals surface area contributed by atoms with Gasteiger partial charge in [-0.25, -0.2) is 0 Å². The van der Waals surface area contributed by atoms with Gasteiger partial charge in [0, 0.05) is 24.5 Å². The van der Waals surface area contributed by atoms with Crippen molar-refractivity contribution in [3.05, 3.63) is 76.9 Å². The summed E-state index contributed by atoms with van der Waals surface area (Å²) in [5, 5.41) is 0. The fourth-order valence-electron chi connectivity index (χ4n) is 2.57. The van der Waals surface area contributed by atoms with Gasteiger partial charge in [-0.3, -0.25) is 0 Å². The Balaban J connectivity index is 0.00000108. The minimum atomic E-state index is 0. The first-order valence-corrected chi connectivity index (χ1v) is 5.68. The van der Waals surface area contributed by atoms with Crippen LogP contribution in [0.2, 0.25) is 0 Å². The monoisotopic (exact) mass is 257 g/mol. The Hall–Kier alpha value is -1.24. The predicted molar refractivity (Wildman–Crippen MR) is 68.4 cm³/mol. The van der Waals surface area contributed by atoms with Crippen LogP contribution in [0.5, 0.6) is 0 Å². The molecule has 2 aromatic rings. The molecular formula is C16H14V. The summed E-state index contributed by atoms with van der Waals surface area (Å²) in [5.41, 5.74) is 5.63. The molecule has 1 heteroatoms. The summed E-state index contributed by atoms with van der Waals surface area (Å²) in [7, 11) is 0. The molecule has 0 saturated heterocycles. The van der Waals surface area contributed by atoms with Crippen molar-refractivity contribution in [3.8, 4) is 0 Å². The molecule has 83 valence electrons. The molecule has 1 atom stereocenters. The smallest absolute Gasteiger partial charge is 0.0305 e. The molecule has 0 bridgehead atoms. The van der Waals surface area contributed by atoms with Gasteiger partial charge < -0.3 is 0 Å². The van der Waals surface area contributed by atoms with E-state index in [9.17, 15) is 0 Å². The van der Waals surface area contributed by atoms with Crippen molar-refractivity contribution in [2.75, 3.05) is 0 Å². The molecule has 0 N–H and O–H groups in total. The van der Waals surface area contributed by atoms with Crippen molar-refractivity contribution in [1.82, 2.24) is 0 Å². The normalized spacial score (nSPS) is 17.0. The van der Waals surface area contributed by atoms with Crippen molar-refractivity contribution in [2.45, 2.75) is 12.8 Å². The summed E-state index contributed by atoms with van der Waals surface area (Å²) in [5.74, 6) is 0.456. The number of fused-ring (bicyclic) bond motifs is 1. The standard InChI is InChI=1S/C16H14.V/c1-12-11-14-9-5-6-10-15(14)16(12)13-7-3-2-4-8-13;/h2-11,16H,1H3;. The van der Waals surface area contributed by atoms with Gasteiger partial charge in [0.2, 0.25) is 0 Å². The van der Waals surface area contributed by atoms with Crippen LogP contribution in [0.1, 0.15) is 29.5 Å². The molecular weight excluding hydrogens is 243 g/mol. The molecule has 2 aromatic carbocycles. The van der Waals surface area contributed by atoms with Gasteiger partial charge in [0.1, 0.15) is 0 Å². The van der Waals surface area contributed by atoms with Gasteiger partial charge in [-0.2, -0.15) is 0 Å². The molecule has 0 heterocycles. The van der Waals surface area contributed by atoms with E-state index in [0.717, 1.165) is 0 Å². The SMILES string of the molecule is CC1=Cc2ccccc2C1c1ccccc1.[V]. The fourth-order valence-corrected chi connectivity index (χ4v) is 2.57. The number of rotatable bonds is 1. The minimum absolute atomic E-state index is 0.